The quantitative estimate of drug-likeness (QED) is 0.404. The number of hydrogen-bond acceptors (Lipinski definition) is 3. The first kappa shape index (κ1) is 20.4. The Kier molecular flexibility index (Phi) is 5.44. The zero-order valence-corrected chi connectivity index (χ0v) is 18.4. The zero-order chi connectivity index (χ0) is 22.0. The normalized spacial score (nSPS) is 15.0. The van der Waals surface area contributed by atoms with Gasteiger partial charge in [0, 0.05) is 42.4 Å². The Labute approximate surface area is 189 Å². The van der Waals surface area contributed by atoms with E-state index in [1.807, 2.05) is 54.4 Å². The highest BCUT2D eigenvalue weighted by atomic mass is 16.2. The van der Waals surface area contributed by atoms with Crippen molar-refractivity contribution in [3.05, 3.63) is 96.3 Å². The third kappa shape index (κ3) is 3.77. The second kappa shape index (κ2) is 8.54. The highest BCUT2D eigenvalue weighted by Gasteiger charge is 2.37. The van der Waals surface area contributed by atoms with Crippen molar-refractivity contribution in [1.29, 1.82) is 0 Å². The van der Waals surface area contributed by atoms with Gasteiger partial charge in [0.05, 0.1) is 16.8 Å². The van der Waals surface area contributed by atoms with Crippen LogP contribution in [0.3, 0.4) is 0 Å². The van der Waals surface area contributed by atoms with Crippen LogP contribution in [0.4, 0.5) is 0 Å². The van der Waals surface area contributed by atoms with E-state index in [1.165, 1.54) is 18.4 Å². The molecule has 1 fully saturated rings. The summed E-state index contributed by atoms with van der Waals surface area (Å²) in [6.07, 6.45) is 8.12. The van der Waals surface area contributed by atoms with Gasteiger partial charge < -0.3 is 4.90 Å². The molecule has 0 spiro atoms. The molecule has 0 N–H and O–H groups in total. The van der Waals surface area contributed by atoms with E-state index in [2.05, 4.69) is 35.3 Å². The van der Waals surface area contributed by atoms with E-state index in [0.717, 1.165) is 35.0 Å². The van der Waals surface area contributed by atoms with Crippen molar-refractivity contribution < 1.29 is 4.79 Å². The van der Waals surface area contributed by atoms with E-state index in [0.29, 0.717) is 12.1 Å². The number of nitrogens with zero attached hydrogens (tertiary/aromatic N) is 3. The summed E-state index contributed by atoms with van der Waals surface area (Å²) in [6, 6.07) is 24.5. The lowest BCUT2D eigenvalue weighted by Crippen LogP contribution is -2.40. The van der Waals surface area contributed by atoms with Crippen LogP contribution in [0.25, 0.3) is 22.2 Å². The van der Waals surface area contributed by atoms with Crippen molar-refractivity contribution in [2.45, 2.75) is 31.1 Å². The molecule has 4 nitrogen and oxygen atoms in total. The first-order chi connectivity index (χ1) is 15.7. The molecule has 0 bridgehead atoms. The maximum atomic E-state index is 13.8. The fraction of sp³-hybridized carbons (Fsp3) is 0.250. The van der Waals surface area contributed by atoms with E-state index in [-0.39, 0.29) is 11.3 Å². The first-order valence-electron chi connectivity index (χ1n) is 11.3. The molecule has 2 aromatic heterocycles. The predicted octanol–water partition coefficient (Wildman–Crippen LogP) is 5.88. The fourth-order valence-electron chi connectivity index (χ4n) is 5.12. The Morgan fingerprint density at radius 2 is 1.66 bits per heavy atom. The van der Waals surface area contributed by atoms with Crippen molar-refractivity contribution in [2.75, 3.05) is 13.6 Å². The van der Waals surface area contributed by atoms with Crippen LogP contribution in [-0.4, -0.2) is 34.4 Å². The van der Waals surface area contributed by atoms with Gasteiger partial charge in [0.15, 0.2) is 0 Å². The van der Waals surface area contributed by atoms with Crippen molar-refractivity contribution in [3.63, 3.8) is 0 Å². The summed E-state index contributed by atoms with van der Waals surface area (Å²) in [5.74, 6) is 0.0183. The van der Waals surface area contributed by atoms with E-state index >= 15 is 0 Å². The molecule has 160 valence electrons. The second-order valence-corrected chi connectivity index (χ2v) is 8.83. The molecule has 1 amide bonds. The number of benzene rings is 2. The summed E-state index contributed by atoms with van der Waals surface area (Å²) in [4.78, 5) is 24.7. The van der Waals surface area contributed by atoms with Gasteiger partial charge in [-0.1, -0.05) is 73.5 Å². The molecule has 1 aliphatic carbocycles. The minimum atomic E-state index is 0.0183. The number of likely N-dealkylation sites (N-methyl/N-ethyl adjacent to an activating group) is 1. The van der Waals surface area contributed by atoms with Crippen LogP contribution in [0.1, 0.15) is 41.6 Å². The van der Waals surface area contributed by atoms with Crippen LogP contribution in [0.5, 0.6) is 0 Å². The van der Waals surface area contributed by atoms with Crippen molar-refractivity contribution in [1.82, 2.24) is 14.9 Å². The molecule has 0 unspecified atom stereocenters. The number of carbonyl (C=O) groups excluding carboxylic acids is 1. The Morgan fingerprint density at radius 3 is 2.38 bits per heavy atom. The van der Waals surface area contributed by atoms with Gasteiger partial charge in [0.1, 0.15) is 0 Å². The van der Waals surface area contributed by atoms with Crippen molar-refractivity contribution in [3.8, 4) is 11.3 Å². The van der Waals surface area contributed by atoms with Gasteiger partial charge in [-0.15, -0.1) is 0 Å². The van der Waals surface area contributed by atoms with Gasteiger partial charge in [-0.2, -0.15) is 0 Å². The average molecular weight is 422 g/mol. The molecule has 4 heteroatoms. The number of amides is 1. The number of hydrogen-bond donors (Lipinski definition) is 0. The van der Waals surface area contributed by atoms with E-state index < -0.39 is 0 Å². The number of pyridine rings is 2. The molecule has 2 aromatic carbocycles. The van der Waals surface area contributed by atoms with Gasteiger partial charge in [-0.3, -0.25) is 9.78 Å². The van der Waals surface area contributed by atoms with E-state index in [1.54, 1.807) is 12.4 Å². The maximum absolute atomic E-state index is 13.8. The monoisotopic (exact) mass is 421 g/mol. The summed E-state index contributed by atoms with van der Waals surface area (Å²) in [5, 5.41) is 0.796. The topological polar surface area (TPSA) is 46.1 Å². The number of rotatable bonds is 5. The summed E-state index contributed by atoms with van der Waals surface area (Å²) >= 11 is 0. The van der Waals surface area contributed by atoms with Gasteiger partial charge >= 0.3 is 0 Å². The summed E-state index contributed by atoms with van der Waals surface area (Å²) in [6.45, 7) is 0.709. The molecule has 32 heavy (non-hydrogen) atoms. The minimum Gasteiger partial charge on any atom is -0.341 e. The summed E-state index contributed by atoms with van der Waals surface area (Å²) in [7, 11) is 1.93. The standard InChI is InChI=1S/C28H27N3O/c1-31(20-28(15-8-9-16-28)22-12-6-3-7-13-22)27(32)23-18-26(21-10-4-2-5-11-21)30-25-14-17-29-19-24(23)25/h2-7,10-14,17-19H,8-9,15-16,20H2,1H3. The first-order valence-corrected chi connectivity index (χ1v) is 11.3. The smallest absolute Gasteiger partial charge is 0.254 e. The maximum Gasteiger partial charge on any atom is 0.254 e. The fourth-order valence-corrected chi connectivity index (χ4v) is 5.12. The molecular weight excluding hydrogens is 394 g/mol. The Hall–Kier alpha value is -3.53. The van der Waals surface area contributed by atoms with Crippen LogP contribution >= 0.6 is 0 Å². The minimum absolute atomic E-state index is 0.0183. The van der Waals surface area contributed by atoms with E-state index in [4.69, 9.17) is 4.98 Å². The number of fused-ring (bicyclic) bond motifs is 1. The Bertz CT molecular complexity index is 1230. The Morgan fingerprint density at radius 1 is 0.969 bits per heavy atom. The van der Waals surface area contributed by atoms with E-state index in [9.17, 15) is 4.79 Å². The third-order valence-electron chi connectivity index (χ3n) is 6.74. The SMILES string of the molecule is CN(CC1(c2ccccc2)CCCC1)C(=O)c1cc(-c2ccccc2)nc2ccncc12. The molecule has 1 aliphatic rings. The molecule has 0 aliphatic heterocycles. The van der Waals surface area contributed by atoms with Gasteiger partial charge in [-0.25, -0.2) is 4.98 Å². The summed E-state index contributed by atoms with van der Waals surface area (Å²) in [5.41, 5.74) is 4.61. The number of carbonyl (C=O) groups is 1. The molecule has 5 rings (SSSR count). The highest BCUT2D eigenvalue weighted by Crippen LogP contribution is 2.42. The third-order valence-corrected chi connectivity index (χ3v) is 6.74. The molecule has 1 saturated carbocycles. The van der Waals surface area contributed by atoms with Crippen LogP contribution in [0, 0.1) is 0 Å². The molecule has 2 heterocycles. The lowest BCUT2D eigenvalue weighted by molar-refractivity contribution is 0.0760. The van der Waals surface area contributed by atoms with Crippen LogP contribution in [-0.2, 0) is 5.41 Å². The van der Waals surface area contributed by atoms with Crippen LogP contribution in [0.2, 0.25) is 0 Å². The van der Waals surface area contributed by atoms with Gasteiger partial charge in [0.2, 0.25) is 0 Å². The lowest BCUT2D eigenvalue weighted by atomic mass is 9.78. The Balaban J connectivity index is 1.53. The predicted molar refractivity (Wildman–Crippen MR) is 129 cm³/mol. The lowest BCUT2D eigenvalue weighted by Gasteiger charge is -2.34. The molecule has 4 aromatic rings. The highest BCUT2D eigenvalue weighted by molar-refractivity contribution is 6.06. The second-order valence-electron chi connectivity index (χ2n) is 8.83. The van der Waals surface area contributed by atoms with Crippen LogP contribution < -0.4 is 0 Å². The molecular formula is C28H27N3O. The number of aromatic nitrogens is 2. The van der Waals surface area contributed by atoms with Crippen molar-refractivity contribution in [2.24, 2.45) is 0 Å². The zero-order valence-electron chi connectivity index (χ0n) is 18.4. The average Bonchev–Trinajstić information content (AvgIpc) is 3.33. The summed E-state index contributed by atoms with van der Waals surface area (Å²) < 4.78 is 0. The molecule has 0 saturated heterocycles. The largest absolute Gasteiger partial charge is 0.341 e. The molecule has 0 radical (unpaired) electrons. The van der Waals surface area contributed by atoms with Crippen LogP contribution in [0.15, 0.2) is 85.2 Å². The van der Waals surface area contributed by atoms with Gasteiger partial charge in [-0.05, 0) is 30.5 Å². The van der Waals surface area contributed by atoms with Gasteiger partial charge in [0.25, 0.3) is 5.91 Å². The van der Waals surface area contributed by atoms with Crippen molar-refractivity contribution >= 4 is 16.8 Å². The molecule has 0 atom stereocenters.